The maximum atomic E-state index is 11.5. The zero-order chi connectivity index (χ0) is 14.0. The first-order chi connectivity index (χ1) is 9.08. The van der Waals surface area contributed by atoms with E-state index in [0.717, 1.165) is 5.56 Å². The van der Waals surface area contributed by atoms with Crippen LogP contribution in [0, 0.1) is 5.92 Å². The molecule has 0 aromatic heterocycles. The summed E-state index contributed by atoms with van der Waals surface area (Å²) in [5.74, 6) is -1.94. The number of rotatable bonds is 4. The summed E-state index contributed by atoms with van der Waals surface area (Å²) in [6.07, 6.45) is 0. The standard InChI is InChI=1S/C13H15NO5/c1-18-9-4-3-7(5-10(9)19-2)8-6-14-12(15)11(8)13(16)17/h3-5,8,11H,6H2,1-2H3,(H,14,15)(H,16,17)/t8-,11+/m1/s1. The van der Waals surface area contributed by atoms with Gasteiger partial charge in [-0.05, 0) is 17.7 Å². The van der Waals surface area contributed by atoms with E-state index < -0.39 is 23.7 Å². The van der Waals surface area contributed by atoms with Gasteiger partial charge in [0.25, 0.3) is 0 Å². The lowest BCUT2D eigenvalue weighted by molar-refractivity contribution is -0.145. The van der Waals surface area contributed by atoms with Gasteiger partial charge in [0.15, 0.2) is 11.5 Å². The second-order valence-electron chi connectivity index (χ2n) is 4.28. The van der Waals surface area contributed by atoms with Crippen molar-refractivity contribution in [3.63, 3.8) is 0 Å². The molecule has 1 aliphatic rings. The summed E-state index contributed by atoms with van der Waals surface area (Å²) in [6, 6.07) is 5.16. The first-order valence-electron chi connectivity index (χ1n) is 5.81. The van der Waals surface area contributed by atoms with Crippen LogP contribution in [0.2, 0.25) is 0 Å². The van der Waals surface area contributed by atoms with E-state index >= 15 is 0 Å². The lowest BCUT2D eigenvalue weighted by Gasteiger charge is -2.15. The molecule has 0 bridgehead atoms. The maximum Gasteiger partial charge on any atom is 0.316 e. The van der Waals surface area contributed by atoms with E-state index in [9.17, 15) is 9.59 Å². The van der Waals surface area contributed by atoms with Crippen LogP contribution in [0.4, 0.5) is 0 Å². The maximum absolute atomic E-state index is 11.5. The molecule has 102 valence electrons. The summed E-state index contributed by atoms with van der Waals surface area (Å²) in [5, 5.41) is 11.7. The molecule has 6 heteroatoms. The molecule has 2 N–H and O–H groups in total. The number of hydrogen-bond donors (Lipinski definition) is 2. The lowest BCUT2D eigenvalue weighted by Crippen LogP contribution is -2.26. The van der Waals surface area contributed by atoms with Crippen molar-refractivity contribution in [2.45, 2.75) is 5.92 Å². The van der Waals surface area contributed by atoms with E-state index in [1.54, 1.807) is 18.2 Å². The Hall–Kier alpha value is -2.24. The highest BCUT2D eigenvalue weighted by molar-refractivity contribution is 5.99. The minimum Gasteiger partial charge on any atom is -0.493 e. The normalized spacial score (nSPS) is 21.9. The van der Waals surface area contributed by atoms with Crippen LogP contribution in [0.5, 0.6) is 11.5 Å². The van der Waals surface area contributed by atoms with E-state index in [-0.39, 0.29) is 0 Å². The van der Waals surface area contributed by atoms with Gasteiger partial charge in [0.2, 0.25) is 5.91 Å². The van der Waals surface area contributed by atoms with Gasteiger partial charge >= 0.3 is 5.97 Å². The molecule has 0 unspecified atom stereocenters. The first-order valence-corrected chi connectivity index (χ1v) is 5.81. The van der Waals surface area contributed by atoms with Gasteiger partial charge in [0, 0.05) is 12.5 Å². The number of carbonyl (C=O) groups excluding carboxylic acids is 1. The van der Waals surface area contributed by atoms with Crippen molar-refractivity contribution in [3.05, 3.63) is 23.8 Å². The zero-order valence-corrected chi connectivity index (χ0v) is 10.7. The van der Waals surface area contributed by atoms with Crippen LogP contribution in [-0.2, 0) is 9.59 Å². The van der Waals surface area contributed by atoms with Crippen LogP contribution in [0.15, 0.2) is 18.2 Å². The number of amides is 1. The number of benzene rings is 1. The molecule has 0 radical (unpaired) electrons. The Morgan fingerprint density at radius 2 is 2.00 bits per heavy atom. The van der Waals surface area contributed by atoms with Crippen molar-refractivity contribution < 1.29 is 24.2 Å². The van der Waals surface area contributed by atoms with Gasteiger partial charge in [-0.25, -0.2) is 0 Å². The molecule has 1 aliphatic heterocycles. The Kier molecular flexibility index (Phi) is 3.59. The molecule has 0 aliphatic carbocycles. The molecule has 2 rings (SSSR count). The summed E-state index contributed by atoms with van der Waals surface area (Å²) in [6.45, 7) is 0.311. The van der Waals surface area contributed by atoms with Gasteiger partial charge in [-0.2, -0.15) is 0 Å². The molecular formula is C13H15NO5. The Labute approximate surface area is 110 Å². The van der Waals surface area contributed by atoms with Crippen molar-refractivity contribution in [2.24, 2.45) is 5.92 Å². The van der Waals surface area contributed by atoms with Crippen molar-refractivity contribution >= 4 is 11.9 Å². The largest absolute Gasteiger partial charge is 0.493 e. The number of carbonyl (C=O) groups is 2. The van der Waals surface area contributed by atoms with Gasteiger partial charge in [0.05, 0.1) is 14.2 Å². The van der Waals surface area contributed by atoms with E-state index in [0.29, 0.717) is 18.0 Å². The molecule has 6 nitrogen and oxygen atoms in total. The van der Waals surface area contributed by atoms with Gasteiger partial charge in [-0.1, -0.05) is 6.07 Å². The SMILES string of the molecule is COc1ccc([C@H]2CNC(=O)[C@H]2C(=O)O)cc1OC. The first kappa shape index (κ1) is 13.2. The number of ether oxygens (including phenoxy) is 2. The van der Waals surface area contributed by atoms with Crippen molar-refractivity contribution in [3.8, 4) is 11.5 Å². The average molecular weight is 265 g/mol. The van der Waals surface area contributed by atoms with Crippen LogP contribution >= 0.6 is 0 Å². The van der Waals surface area contributed by atoms with Crippen molar-refractivity contribution in [1.29, 1.82) is 0 Å². The van der Waals surface area contributed by atoms with Crippen LogP contribution in [0.1, 0.15) is 11.5 Å². The third-order valence-corrected chi connectivity index (χ3v) is 3.28. The quantitative estimate of drug-likeness (QED) is 0.779. The smallest absolute Gasteiger partial charge is 0.316 e. The Balaban J connectivity index is 2.36. The lowest BCUT2D eigenvalue weighted by atomic mass is 9.88. The number of carboxylic acids is 1. The highest BCUT2D eigenvalue weighted by Crippen LogP contribution is 2.35. The molecular weight excluding hydrogens is 250 g/mol. The fourth-order valence-corrected chi connectivity index (χ4v) is 2.30. The minimum atomic E-state index is -1.12. The van der Waals surface area contributed by atoms with Crippen LogP contribution in [0.25, 0.3) is 0 Å². The predicted octanol–water partition coefficient (Wildman–Crippen LogP) is 0.618. The molecule has 2 atom stereocenters. The number of hydrogen-bond acceptors (Lipinski definition) is 4. The van der Waals surface area contributed by atoms with Crippen LogP contribution in [-0.4, -0.2) is 37.7 Å². The van der Waals surface area contributed by atoms with E-state index in [1.807, 2.05) is 0 Å². The Morgan fingerprint density at radius 3 is 2.58 bits per heavy atom. The summed E-state index contributed by atoms with van der Waals surface area (Å²) in [7, 11) is 3.03. The van der Waals surface area contributed by atoms with E-state index in [2.05, 4.69) is 5.32 Å². The molecule has 19 heavy (non-hydrogen) atoms. The Bertz CT molecular complexity index is 514. The molecule has 1 aromatic carbocycles. The summed E-state index contributed by atoms with van der Waals surface area (Å²) in [5.41, 5.74) is 0.739. The topological polar surface area (TPSA) is 84.9 Å². The molecule has 0 saturated carbocycles. The second-order valence-corrected chi connectivity index (χ2v) is 4.28. The number of nitrogens with one attached hydrogen (secondary N) is 1. The molecule has 1 fully saturated rings. The van der Waals surface area contributed by atoms with Gasteiger partial charge in [-0.3, -0.25) is 9.59 Å². The highest BCUT2D eigenvalue weighted by atomic mass is 16.5. The van der Waals surface area contributed by atoms with E-state index in [4.69, 9.17) is 14.6 Å². The predicted molar refractivity (Wildman–Crippen MR) is 66.4 cm³/mol. The summed E-state index contributed by atoms with van der Waals surface area (Å²) >= 11 is 0. The van der Waals surface area contributed by atoms with Crippen molar-refractivity contribution in [1.82, 2.24) is 5.32 Å². The van der Waals surface area contributed by atoms with Crippen LogP contribution in [0.3, 0.4) is 0 Å². The second kappa shape index (κ2) is 5.17. The fourth-order valence-electron chi connectivity index (χ4n) is 2.30. The molecule has 1 heterocycles. The molecule has 0 spiro atoms. The van der Waals surface area contributed by atoms with E-state index in [1.165, 1.54) is 14.2 Å². The van der Waals surface area contributed by atoms with Gasteiger partial charge in [-0.15, -0.1) is 0 Å². The molecule has 1 amide bonds. The van der Waals surface area contributed by atoms with Gasteiger partial charge < -0.3 is 19.9 Å². The summed E-state index contributed by atoms with van der Waals surface area (Å²) < 4.78 is 10.3. The zero-order valence-electron chi connectivity index (χ0n) is 10.7. The van der Waals surface area contributed by atoms with Crippen molar-refractivity contribution in [2.75, 3.05) is 20.8 Å². The highest BCUT2D eigenvalue weighted by Gasteiger charge is 2.41. The summed E-state index contributed by atoms with van der Waals surface area (Å²) in [4.78, 5) is 22.7. The monoisotopic (exact) mass is 265 g/mol. The number of carboxylic acid groups (broad SMARTS) is 1. The Morgan fingerprint density at radius 1 is 1.32 bits per heavy atom. The van der Waals surface area contributed by atoms with Gasteiger partial charge in [0.1, 0.15) is 5.92 Å². The molecule has 1 saturated heterocycles. The fraction of sp³-hybridized carbons (Fsp3) is 0.385. The third kappa shape index (κ3) is 2.33. The number of aliphatic carboxylic acids is 1. The third-order valence-electron chi connectivity index (χ3n) is 3.28. The minimum absolute atomic E-state index is 0.311. The average Bonchev–Trinajstić information content (AvgIpc) is 2.79. The number of methoxy groups -OCH3 is 2. The molecule has 1 aromatic rings. The van der Waals surface area contributed by atoms with Crippen LogP contribution < -0.4 is 14.8 Å².